The zero-order chi connectivity index (χ0) is 11.6. The maximum atomic E-state index is 11.5. The van der Waals surface area contributed by atoms with Gasteiger partial charge in [0.15, 0.2) is 5.78 Å². The van der Waals surface area contributed by atoms with Crippen molar-refractivity contribution in [2.75, 3.05) is 11.5 Å². The van der Waals surface area contributed by atoms with E-state index in [1.54, 1.807) is 18.7 Å². The standard InChI is InChI=1S/C10H18ClNO2S/c1-5-15-6-8-9(7(2)13)12(11)10(3,4)14-8/h8-9H,5-6H2,1-4H3. The summed E-state index contributed by atoms with van der Waals surface area (Å²) >= 11 is 7.88. The van der Waals surface area contributed by atoms with Gasteiger partial charge in [0.05, 0.1) is 6.10 Å². The van der Waals surface area contributed by atoms with Crippen molar-refractivity contribution in [3.63, 3.8) is 0 Å². The molecule has 1 saturated heterocycles. The van der Waals surface area contributed by atoms with Crippen LogP contribution in [0.25, 0.3) is 0 Å². The normalized spacial score (nSPS) is 30.7. The van der Waals surface area contributed by atoms with E-state index in [0.29, 0.717) is 0 Å². The molecule has 0 aromatic rings. The Hall–Kier alpha value is 0.230. The summed E-state index contributed by atoms with van der Waals surface area (Å²) in [4.78, 5) is 11.5. The fourth-order valence-electron chi connectivity index (χ4n) is 1.75. The Labute approximate surface area is 101 Å². The molecule has 0 saturated carbocycles. The van der Waals surface area contributed by atoms with Gasteiger partial charge in [0.25, 0.3) is 0 Å². The molecule has 0 aliphatic carbocycles. The molecule has 1 aliphatic heterocycles. The highest BCUT2D eigenvalue weighted by molar-refractivity contribution is 7.99. The minimum absolute atomic E-state index is 0.0669. The molecule has 2 unspecified atom stereocenters. The third-order valence-corrected chi connectivity index (χ3v) is 4.04. The quantitative estimate of drug-likeness (QED) is 0.717. The van der Waals surface area contributed by atoms with Crippen LogP contribution in [0.15, 0.2) is 0 Å². The lowest BCUT2D eigenvalue weighted by atomic mass is 10.1. The van der Waals surface area contributed by atoms with Crippen LogP contribution in [-0.4, -0.2) is 39.6 Å². The fourth-order valence-corrected chi connectivity index (χ4v) is 2.77. The second-order valence-corrected chi connectivity index (χ2v) is 5.81. The van der Waals surface area contributed by atoms with Crippen molar-refractivity contribution >= 4 is 29.3 Å². The summed E-state index contributed by atoms with van der Waals surface area (Å²) in [5, 5.41) is 0. The number of carbonyl (C=O) groups excluding carboxylic acids is 1. The first-order chi connectivity index (χ1) is 6.90. The van der Waals surface area contributed by atoms with Crippen LogP contribution < -0.4 is 0 Å². The first kappa shape index (κ1) is 13.3. The average Bonchev–Trinajstić information content (AvgIpc) is 2.34. The predicted molar refractivity (Wildman–Crippen MR) is 64.1 cm³/mol. The van der Waals surface area contributed by atoms with Crippen molar-refractivity contribution in [2.24, 2.45) is 0 Å². The summed E-state index contributed by atoms with van der Waals surface area (Å²) in [5.74, 6) is 1.90. The molecule has 2 atom stereocenters. The second kappa shape index (κ2) is 5.04. The molecule has 1 rings (SSSR count). The molecular formula is C10H18ClNO2S. The van der Waals surface area contributed by atoms with E-state index in [4.69, 9.17) is 16.5 Å². The van der Waals surface area contributed by atoms with E-state index >= 15 is 0 Å². The first-order valence-electron chi connectivity index (χ1n) is 5.11. The lowest BCUT2D eigenvalue weighted by Crippen LogP contribution is -2.41. The Morgan fingerprint density at radius 1 is 1.60 bits per heavy atom. The highest BCUT2D eigenvalue weighted by Crippen LogP contribution is 2.35. The van der Waals surface area contributed by atoms with E-state index in [9.17, 15) is 4.79 Å². The molecular weight excluding hydrogens is 234 g/mol. The van der Waals surface area contributed by atoms with Gasteiger partial charge in [-0.25, -0.2) is 0 Å². The molecule has 1 heterocycles. The monoisotopic (exact) mass is 251 g/mol. The Kier molecular flexibility index (Phi) is 4.47. The molecule has 15 heavy (non-hydrogen) atoms. The topological polar surface area (TPSA) is 29.5 Å². The molecule has 0 aromatic carbocycles. The van der Waals surface area contributed by atoms with Crippen molar-refractivity contribution in [2.45, 2.75) is 45.6 Å². The van der Waals surface area contributed by atoms with Crippen LogP contribution in [-0.2, 0) is 9.53 Å². The molecule has 5 heteroatoms. The minimum Gasteiger partial charge on any atom is -0.354 e. The number of Topliss-reactive ketones (excluding diaryl/α,β-unsaturated/α-hetero) is 1. The highest BCUT2D eigenvalue weighted by Gasteiger charge is 2.48. The predicted octanol–water partition coefficient (Wildman–Crippen LogP) is 2.29. The largest absolute Gasteiger partial charge is 0.354 e. The number of halogens is 1. The summed E-state index contributed by atoms with van der Waals surface area (Å²) in [5.41, 5.74) is -0.559. The van der Waals surface area contributed by atoms with Crippen molar-refractivity contribution in [3.8, 4) is 0 Å². The van der Waals surface area contributed by atoms with E-state index in [0.717, 1.165) is 11.5 Å². The van der Waals surface area contributed by atoms with Crippen LogP contribution in [0.1, 0.15) is 27.7 Å². The Bertz CT molecular complexity index is 248. The van der Waals surface area contributed by atoms with Gasteiger partial charge in [0.1, 0.15) is 11.8 Å². The summed E-state index contributed by atoms with van der Waals surface area (Å²) in [7, 11) is 0. The van der Waals surface area contributed by atoms with Crippen LogP contribution in [0.3, 0.4) is 0 Å². The maximum absolute atomic E-state index is 11.5. The summed E-state index contributed by atoms with van der Waals surface area (Å²) in [6.45, 7) is 7.42. The zero-order valence-corrected chi connectivity index (χ0v) is 11.2. The second-order valence-electron chi connectivity index (χ2n) is 4.13. The third kappa shape index (κ3) is 2.87. The van der Waals surface area contributed by atoms with Crippen LogP contribution in [0.5, 0.6) is 0 Å². The SMILES string of the molecule is CCSCC1OC(C)(C)N(Cl)C1C(C)=O. The molecule has 0 bridgehead atoms. The minimum atomic E-state index is -0.559. The third-order valence-electron chi connectivity index (χ3n) is 2.45. The van der Waals surface area contributed by atoms with Crippen LogP contribution >= 0.6 is 23.5 Å². The van der Waals surface area contributed by atoms with Crippen molar-refractivity contribution in [1.29, 1.82) is 0 Å². The van der Waals surface area contributed by atoms with Crippen molar-refractivity contribution in [3.05, 3.63) is 0 Å². The smallest absolute Gasteiger partial charge is 0.151 e. The number of rotatable bonds is 4. The zero-order valence-electron chi connectivity index (χ0n) is 9.62. The molecule has 0 N–H and O–H groups in total. The Balaban J connectivity index is 2.74. The fraction of sp³-hybridized carbons (Fsp3) is 0.900. The summed E-state index contributed by atoms with van der Waals surface area (Å²) < 4.78 is 7.30. The van der Waals surface area contributed by atoms with Gasteiger partial charge < -0.3 is 4.74 Å². The summed E-state index contributed by atoms with van der Waals surface area (Å²) in [6.07, 6.45) is -0.0973. The van der Waals surface area contributed by atoms with Crippen LogP contribution in [0, 0.1) is 0 Å². The van der Waals surface area contributed by atoms with Gasteiger partial charge in [0.2, 0.25) is 0 Å². The van der Waals surface area contributed by atoms with Gasteiger partial charge in [-0.15, -0.1) is 0 Å². The highest BCUT2D eigenvalue weighted by atomic mass is 35.5. The molecule has 0 aromatic heterocycles. The first-order valence-corrected chi connectivity index (χ1v) is 6.60. The lowest BCUT2D eigenvalue weighted by Gasteiger charge is -2.24. The molecule has 0 amide bonds. The number of carbonyl (C=O) groups is 1. The van der Waals surface area contributed by atoms with Gasteiger partial charge in [0, 0.05) is 5.75 Å². The number of hydrogen-bond donors (Lipinski definition) is 0. The van der Waals surface area contributed by atoms with Gasteiger partial charge in [-0.1, -0.05) is 6.92 Å². The number of ether oxygens (including phenoxy) is 1. The molecule has 0 spiro atoms. The summed E-state index contributed by atoms with van der Waals surface area (Å²) in [6, 6.07) is -0.319. The van der Waals surface area contributed by atoms with Crippen molar-refractivity contribution in [1.82, 2.24) is 4.42 Å². The van der Waals surface area contributed by atoms with Crippen LogP contribution in [0.4, 0.5) is 0 Å². The Morgan fingerprint density at radius 3 is 2.67 bits per heavy atom. The van der Waals surface area contributed by atoms with E-state index in [2.05, 4.69) is 6.92 Å². The van der Waals surface area contributed by atoms with Gasteiger partial charge in [-0.3, -0.25) is 4.79 Å². The maximum Gasteiger partial charge on any atom is 0.151 e. The molecule has 0 radical (unpaired) electrons. The number of nitrogens with zero attached hydrogens (tertiary/aromatic N) is 1. The van der Waals surface area contributed by atoms with E-state index in [1.165, 1.54) is 4.42 Å². The number of ketones is 1. The number of thioether (sulfide) groups is 1. The molecule has 3 nitrogen and oxygen atoms in total. The molecule has 88 valence electrons. The number of hydrogen-bond acceptors (Lipinski definition) is 4. The van der Waals surface area contributed by atoms with Gasteiger partial charge >= 0.3 is 0 Å². The van der Waals surface area contributed by atoms with E-state index in [-0.39, 0.29) is 17.9 Å². The van der Waals surface area contributed by atoms with E-state index < -0.39 is 5.72 Å². The van der Waals surface area contributed by atoms with Gasteiger partial charge in [-0.2, -0.15) is 16.2 Å². The molecule has 1 fully saturated rings. The van der Waals surface area contributed by atoms with Gasteiger partial charge in [-0.05, 0) is 38.3 Å². The molecule has 1 aliphatic rings. The van der Waals surface area contributed by atoms with E-state index in [1.807, 2.05) is 13.8 Å². The lowest BCUT2D eigenvalue weighted by molar-refractivity contribution is -0.120. The van der Waals surface area contributed by atoms with Crippen molar-refractivity contribution < 1.29 is 9.53 Å². The average molecular weight is 252 g/mol. The Morgan fingerprint density at radius 2 is 2.20 bits per heavy atom. The van der Waals surface area contributed by atoms with Crippen LogP contribution in [0.2, 0.25) is 0 Å².